The predicted molar refractivity (Wildman–Crippen MR) is 55.9 cm³/mol. The van der Waals surface area contributed by atoms with Crippen molar-refractivity contribution in [3.8, 4) is 5.75 Å². The van der Waals surface area contributed by atoms with Gasteiger partial charge in [-0.3, -0.25) is 0 Å². The van der Waals surface area contributed by atoms with Gasteiger partial charge in [0, 0.05) is 10.0 Å². The molecular formula is C8H8BrClF3NO. The van der Waals surface area contributed by atoms with E-state index in [2.05, 4.69) is 15.9 Å². The van der Waals surface area contributed by atoms with Crippen LogP contribution in [0.2, 0.25) is 0 Å². The topological polar surface area (TPSA) is 46.2 Å². The van der Waals surface area contributed by atoms with Crippen LogP contribution in [0.1, 0.15) is 11.6 Å². The van der Waals surface area contributed by atoms with E-state index in [1.54, 1.807) is 0 Å². The summed E-state index contributed by atoms with van der Waals surface area (Å²) < 4.78 is 37.4. The third-order valence-corrected chi connectivity index (χ3v) is 2.41. The zero-order valence-corrected chi connectivity index (χ0v) is 9.66. The average molecular weight is 307 g/mol. The zero-order chi connectivity index (χ0) is 10.9. The van der Waals surface area contributed by atoms with E-state index < -0.39 is 24.0 Å². The molecule has 3 N–H and O–H groups in total. The lowest BCUT2D eigenvalue weighted by Gasteiger charge is -2.14. The number of rotatable bonds is 2. The second-order valence-electron chi connectivity index (χ2n) is 2.65. The molecule has 1 atom stereocenters. The van der Waals surface area contributed by atoms with Crippen LogP contribution in [0.3, 0.4) is 0 Å². The maximum atomic E-state index is 12.8. The second-order valence-corrected chi connectivity index (χ2v) is 3.51. The van der Waals surface area contributed by atoms with E-state index in [0.717, 1.165) is 6.07 Å². The van der Waals surface area contributed by atoms with Crippen molar-refractivity contribution in [3.63, 3.8) is 0 Å². The minimum absolute atomic E-state index is 0. The number of halogens is 5. The predicted octanol–water partition coefficient (Wildman–Crippen LogP) is 2.98. The van der Waals surface area contributed by atoms with Gasteiger partial charge in [-0.15, -0.1) is 12.4 Å². The first-order valence-electron chi connectivity index (χ1n) is 3.65. The van der Waals surface area contributed by atoms with Gasteiger partial charge in [0.2, 0.25) is 0 Å². The van der Waals surface area contributed by atoms with Crippen molar-refractivity contribution < 1.29 is 18.3 Å². The Hall–Kier alpha value is -0.460. The Morgan fingerprint density at radius 3 is 2.33 bits per heavy atom. The molecular weight excluding hydrogens is 298 g/mol. The van der Waals surface area contributed by atoms with Crippen molar-refractivity contribution >= 4 is 28.3 Å². The molecule has 0 bridgehead atoms. The number of benzene rings is 1. The summed E-state index contributed by atoms with van der Waals surface area (Å²) in [6, 6.07) is 0.466. The molecule has 1 aromatic rings. The summed E-state index contributed by atoms with van der Waals surface area (Å²) in [5, 5.41) is 9.18. The Labute approximate surface area is 98.8 Å². The summed E-state index contributed by atoms with van der Waals surface area (Å²) in [4.78, 5) is 0. The SMILES string of the molecule is Cl.N[C@@H](c1c(Br)ccc(F)c1O)C(F)F. The number of alkyl halides is 2. The number of nitrogens with two attached hydrogens (primary N) is 1. The van der Waals surface area contributed by atoms with E-state index in [0.29, 0.717) is 0 Å². The Morgan fingerprint density at radius 1 is 1.33 bits per heavy atom. The molecule has 0 radical (unpaired) electrons. The second kappa shape index (κ2) is 5.58. The molecule has 0 aliphatic heterocycles. The Morgan fingerprint density at radius 2 is 1.87 bits per heavy atom. The van der Waals surface area contributed by atoms with Gasteiger partial charge >= 0.3 is 0 Å². The minimum Gasteiger partial charge on any atom is -0.505 e. The van der Waals surface area contributed by atoms with Crippen LogP contribution < -0.4 is 5.73 Å². The number of phenolic OH excluding ortho intramolecular Hbond substituents is 1. The smallest absolute Gasteiger partial charge is 0.257 e. The van der Waals surface area contributed by atoms with Crippen LogP contribution in [-0.2, 0) is 0 Å². The van der Waals surface area contributed by atoms with E-state index in [1.807, 2.05) is 0 Å². The summed E-state index contributed by atoms with van der Waals surface area (Å²) in [6.45, 7) is 0. The number of phenols is 1. The van der Waals surface area contributed by atoms with Crippen LogP contribution >= 0.6 is 28.3 Å². The van der Waals surface area contributed by atoms with E-state index in [9.17, 15) is 18.3 Å². The molecule has 0 aromatic heterocycles. The van der Waals surface area contributed by atoms with Crippen LogP contribution in [0.25, 0.3) is 0 Å². The Balaban J connectivity index is 0.00000196. The van der Waals surface area contributed by atoms with Crippen molar-refractivity contribution in [1.82, 2.24) is 0 Å². The third-order valence-electron chi connectivity index (χ3n) is 1.72. The first kappa shape index (κ1) is 14.5. The normalized spacial score (nSPS) is 12.4. The molecule has 0 aliphatic carbocycles. The van der Waals surface area contributed by atoms with Gasteiger partial charge in [0.1, 0.15) is 0 Å². The molecule has 1 aromatic carbocycles. The van der Waals surface area contributed by atoms with Gasteiger partial charge < -0.3 is 10.8 Å². The van der Waals surface area contributed by atoms with Gasteiger partial charge in [0.05, 0.1) is 6.04 Å². The van der Waals surface area contributed by atoms with Crippen molar-refractivity contribution in [2.75, 3.05) is 0 Å². The van der Waals surface area contributed by atoms with Crippen LogP contribution in [0.5, 0.6) is 5.75 Å². The monoisotopic (exact) mass is 305 g/mol. The van der Waals surface area contributed by atoms with E-state index in [4.69, 9.17) is 5.73 Å². The van der Waals surface area contributed by atoms with Crippen LogP contribution in [-0.4, -0.2) is 11.5 Å². The first-order chi connectivity index (χ1) is 6.45. The maximum absolute atomic E-state index is 12.8. The lowest BCUT2D eigenvalue weighted by Crippen LogP contribution is -2.19. The molecule has 0 fully saturated rings. The molecule has 0 saturated carbocycles. The molecule has 0 unspecified atom stereocenters. The summed E-state index contributed by atoms with van der Waals surface area (Å²) in [6.07, 6.45) is -2.86. The van der Waals surface area contributed by atoms with Gasteiger partial charge in [-0.2, -0.15) is 0 Å². The fourth-order valence-electron chi connectivity index (χ4n) is 1.000. The summed E-state index contributed by atoms with van der Waals surface area (Å²) in [5.74, 6) is -1.81. The van der Waals surface area contributed by atoms with E-state index >= 15 is 0 Å². The van der Waals surface area contributed by atoms with Gasteiger partial charge in [-0.1, -0.05) is 15.9 Å². The van der Waals surface area contributed by atoms with Gasteiger partial charge in [-0.05, 0) is 12.1 Å². The highest BCUT2D eigenvalue weighted by Gasteiger charge is 2.24. The van der Waals surface area contributed by atoms with E-state index in [1.165, 1.54) is 6.07 Å². The fraction of sp³-hybridized carbons (Fsp3) is 0.250. The summed E-state index contributed by atoms with van der Waals surface area (Å²) in [7, 11) is 0. The lowest BCUT2D eigenvalue weighted by molar-refractivity contribution is 0.114. The molecule has 0 amide bonds. The van der Waals surface area contributed by atoms with Crippen molar-refractivity contribution in [1.29, 1.82) is 0 Å². The third kappa shape index (κ3) is 2.99. The lowest BCUT2D eigenvalue weighted by atomic mass is 10.1. The van der Waals surface area contributed by atoms with Crippen LogP contribution in [0.4, 0.5) is 13.2 Å². The highest BCUT2D eigenvalue weighted by molar-refractivity contribution is 9.10. The molecule has 0 aliphatic rings. The van der Waals surface area contributed by atoms with Gasteiger partial charge in [-0.25, -0.2) is 13.2 Å². The van der Waals surface area contributed by atoms with E-state index in [-0.39, 0.29) is 22.4 Å². The Kier molecular flexibility index (Phi) is 5.41. The number of aromatic hydroxyl groups is 1. The largest absolute Gasteiger partial charge is 0.505 e. The summed E-state index contributed by atoms with van der Waals surface area (Å²) >= 11 is 2.91. The molecule has 2 nitrogen and oxygen atoms in total. The molecule has 0 saturated heterocycles. The quantitative estimate of drug-likeness (QED) is 0.882. The van der Waals surface area contributed by atoms with Crippen molar-refractivity contribution in [2.45, 2.75) is 12.5 Å². The van der Waals surface area contributed by atoms with Gasteiger partial charge in [0.25, 0.3) is 6.43 Å². The minimum atomic E-state index is -2.86. The average Bonchev–Trinajstić information content (AvgIpc) is 2.12. The molecule has 7 heteroatoms. The molecule has 15 heavy (non-hydrogen) atoms. The highest BCUT2D eigenvalue weighted by Crippen LogP contribution is 2.35. The Bertz CT molecular complexity index is 351. The van der Waals surface area contributed by atoms with Crippen LogP contribution in [0.15, 0.2) is 16.6 Å². The molecule has 0 heterocycles. The fourth-order valence-corrected chi connectivity index (χ4v) is 1.58. The first-order valence-corrected chi connectivity index (χ1v) is 4.45. The zero-order valence-electron chi connectivity index (χ0n) is 7.25. The van der Waals surface area contributed by atoms with Crippen molar-refractivity contribution in [3.05, 3.63) is 28.0 Å². The summed E-state index contributed by atoms with van der Waals surface area (Å²) in [5.41, 5.74) is 4.78. The number of hydrogen-bond donors (Lipinski definition) is 2. The van der Waals surface area contributed by atoms with Crippen molar-refractivity contribution in [2.24, 2.45) is 5.73 Å². The highest BCUT2D eigenvalue weighted by atomic mass is 79.9. The standard InChI is InChI=1S/C8H7BrF3NO.ClH/c9-3-1-2-4(10)7(14)5(3)6(13)8(11)12;/h1-2,6,8,14H,13H2;1H/t6-;/m0./s1. The van der Waals surface area contributed by atoms with Gasteiger partial charge in [0.15, 0.2) is 11.6 Å². The molecule has 1 rings (SSSR count). The molecule has 0 spiro atoms. The van der Waals surface area contributed by atoms with Crippen LogP contribution in [0, 0.1) is 5.82 Å². The molecule has 86 valence electrons. The maximum Gasteiger partial charge on any atom is 0.257 e. The number of hydrogen-bond acceptors (Lipinski definition) is 2.